The Labute approximate surface area is 244 Å². The van der Waals surface area contributed by atoms with Gasteiger partial charge in [0.05, 0.1) is 0 Å². The molecule has 0 saturated heterocycles. The summed E-state index contributed by atoms with van der Waals surface area (Å²) in [6, 6.07) is 10.4. The molecule has 4 unspecified atom stereocenters. The highest BCUT2D eigenvalue weighted by Crippen LogP contribution is 2.41. The zero-order valence-corrected chi connectivity index (χ0v) is 25.6. The van der Waals surface area contributed by atoms with Crippen molar-refractivity contribution in [3.05, 3.63) is 64.7 Å². The lowest BCUT2D eigenvalue weighted by molar-refractivity contribution is -0.143. The van der Waals surface area contributed by atoms with Crippen LogP contribution >= 0.6 is 0 Å². The van der Waals surface area contributed by atoms with Crippen LogP contribution in [0.25, 0.3) is 0 Å². The smallest absolute Gasteiger partial charge is 0.408 e. The summed E-state index contributed by atoms with van der Waals surface area (Å²) in [5, 5.41) is 15.7. The number of carbonyl (C=O) groups is 3. The normalized spacial score (nSPS) is 17.7. The zero-order valence-electron chi connectivity index (χ0n) is 25.6. The maximum absolute atomic E-state index is 14.6. The maximum atomic E-state index is 14.6. The predicted octanol–water partition coefficient (Wildman–Crippen LogP) is 5.73. The first-order valence-corrected chi connectivity index (χ1v) is 14.8. The van der Waals surface area contributed by atoms with Crippen LogP contribution in [0.15, 0.2) is 42.5 Å². The van der Waals surface area contributed by atoms with E-state index in [1.54, 1.807) is 49.9 Å². The molecule has 2 aromatic carbocycles. The fourth-order valence-electron chi connectivity index (χ4n) is 5.04. The van der Waals surface area contributed by atoms with Crippen LogP contribution in [0.1, 0.15) is 88.6 Å². The van der Waals surface area contributed by atoms with Gasteiger partial charge in [0.1, 0.15) is 23.4 Å². The largest absolute Gasteiger partial charge is 0.508 e. The Bertz CT molecular complexity index is 1200. The number of nitrogens with one attached hydrogen (secondary N) is 2. The number of nitrogens with zero attached hydrogens (tertiary/aromatic N) is 1. The number of ether oxygens (including phenoxy) is 1. The van der Waals surface area contributed by atoms with Gasteiger partial charge in [-0.05, 0) is 87.8 Å². The Balaban J connectivity index is 2.04. The summed E-state index contributed by atoms with van der Waals surface area (Å²) in [7, 11) is 0. The van der Waals surface area contributed by atoms with Crippen molar-refractivity contribution in [3.8, 4) is 5.75 Å². The molecule has 3 rings (SSSR count). The number of unbranched alkanes of at least 4 members (excludes halogenated alkanes) is 2. The molecule has 1 fully saturated rings. The van der Waals surface area contributed by atoms with Gasteiger partial charge in [-0.2, -0.15) is 0 Å². The average molecular weight is 566 g/mol. The maximum Gasteiger partial charge on any atom is 0.408 e. The second-order valence-electron chi connectivity index (χ2n) is 12.3. The second kappa shape index (κ2) is 13.9. The van der Waals surface area contributed by atoms with Crippen molar-refractivity contribution >= 4 is 17.9 Å². The summed E-state index contributed by atoms with van der Waals surface area (Å²) >= 11 is 0. The van der Waals surface area contributed by atoms with Crippen molar-refractivity contribution in [2.24, 2.45) is 5.92 Å². The minimum absolute atomic E-state index is 0.111. The number of benzene rings is 2. The van der Waals surface area contributed by atoms with Gasteiger partial charge in [-0.25, -0.2) is 4.79 Å². The molecule has 0 heterocycles. The molecule has 8 nitrogen and oxygen atoms in total. The average Bonchev–Trinajstić information content (AvgIpc) is 3.62. The summed E-state index contributed by atoms with van der Waals surface area (Å²) in [4.78, 5) is 43.1. The molecule has 0 radical (unpaired) electrons. The van der Waals surface area contributed by atoms with E-state index in [0.717, 1.165) is 47.9 Å². The van der Waals surface area contributed by atoms with E-state index in [0.29, 0.717) is 6.54 Å². The molecule has 0 spiro atoms. The first-order valence-electron chi connectivity index (χ1n) is 14.8. The van der Waals surface area contributed by atoms with Crippen LogP contribution in [0.3, 0.4) is 0 Å². The van der Waals surface area contributed by atoms with Gasteiger partial charge in [-0.3, -0.25) is 9.59 Å². The number of aryl methyl sites for hydroxylation is 1. The van der Waals surface area contributed by atoms with Crippen LogP contribution in [-0.4, -0.2) is 52.1 Å². The lowest BCUT2D eigenvalue weighted by atomic mass is 9.94. The van der Waals surface area contributed by atoms with Crippen molar-refractivity contribution in [1.82, 2.24) is 15.5 Å². The number of rotatable bonds is 12. The molecule has 1 aliphatic rings. The van der Waals surface area contributed by atoms with E-state index in [2.05, 4.69) is 24.5 Å². The van der Waals surface area contributed by atoms with Gasteiger partial charge < -0.3 is 25.4 Å². The van der Waals surface area contributed by atoms with Gasteiger partial charge in [0.25, 0.3) is 0 Å². The molecular weight excluding hydrogens is 518 g/mol. The molecular formula is C33H47N3O5. The van der Waals surface area contributed by atoms with E-state index in [-0.39, 0.29) is 35.9 Å². The van der Waals surface area contributed by atoms with E-state index in [9.17, 15) is 19.5 Å². The van der Waals surface area contributed by atoms with Crippen molar-refractivity contribution in [2.75, 3.05) is 6.54 Å². The summed E-state index contributed by atoms with van der Waals surface area (Å²) < 4.78 is 5.52. The lowest BCUT2D eigenvalue weighted by Gasteiger charge is -2.36. The Kier molecular flexibility index (Phi) is 10.8. The van der Waals surface area contributed by atoms with Crippen molar-refractivity contribution in [3.63, 3.8) is 0 Å². The molecule has 2 aromatic rings. The van der Waals surface area contributed by atoms with Gasteiger partial charge >= 0.3 is 6.09 Å². The third-order valence-corrected chi connectivity index (χ3v) is 7.59. The molecule has 0 aromatic heterocycles. The fourth-order valence-corrected chi connectivity index (χ4v) is 5.04. The molecule has 4 atom stereocenters. The Morgan fingerprint density at radius 2 is 1.73 bits per heavy atom. The number of amides is 3. The number of alkyl carbamates (subject to hydrolysis) is 1. The molecule has 224 valence electrons. The minimum atomic E-state index is -0.984. The molecule has 1 aliphatic carbocycles. The standard InChI is InChI=1S/C33H47N3O5/c1-8-9-10-18-34-30(38)29(26-13-11-12-21(2)23(26)4)36(28-19-22(28)3)31(39)27(35-32(40)41-33(5,6)7)20-24-14-16-25(37)17-15-24/h11-17,22,27-29,37H,8-10,18-20H2,1-7H3,(H,34,38)(H,35,40). The number of hydrogen-bond donors (Lipinski definition) is 3. The molecule has 3 N–H and O–H groups in total. The third-order valence-electron chi connectivity index (χ3n) is 7.59. The van der Waals surface area contributed by atoms with Crippen LogP contribution < -0.4 is 10.6 Å². The quantitative estimate of drug-likeness (QED) is 0.285. The third kappa shape index (κ3) is 8.97. The number of carbonyl (C=O) groups excluding carboxylic acids is 3. The highest BCUT2D eigenvalue weighted by molar-refractivity contribution is 5.93. The second-order valence-corrected chi connectivity index (χ2v) is 12.3. The number of phenolic OH excluding ortho intramolecular Hbond substituents is 1. The van der Waals surface area contributed by atoms with Crippen molar-refractivity contribution < 1.29 is 24.2 Å². The number of aromatic hydroxyl groups is 1. The van der Waals surface area contributed by atoms with Crippen LogP contribution in [0.2, 0.25) is 0 Å². The van der Waals surface area contributed by atoms with Gasteiger partial charge in [-0.1, -0.05) is 57.0 Å². The number of phenols is 1. The summed E-state index contributed by atoms with van der Waals surface area (Å²) in [6.45, 7) is 14.0. The first-order chi connectivity index (χ1) is 19.3. The van der Waals surface area contributed by atoms with E-state index < -0.39 is 23.8 Å². The van der Waals surface area contributed by atoms with Crippen molar-refractivity contribution in [1.29, 1.82) is 0 Å². The van der Waals surface area contributed by atoms with E-state index in [1.807, 2.05) is 32.0 Å². The Hall–Kier alpha value is -3.55. The Morgan fingerprint density at radius 1 is 1.07 bits per heavy atom. The summed E-state index contributed by atoms with van der Waals surface area (Å²) in [5.74, 6) is -0.231. The molecule has 41 heavy (non-hydrogen) atoms. The lowest BCUT2D eigenvalue weighted by Crippen LogP contribution is -2.55. The van der Waals surface area contributed by atoms with Gasteiger partial charge in [0.15, 0.2) is 0 Å². The van der Waals surface area contributed by atoms with E-state index in [1.165, 1.54) is 0 Å². The zero-order chi connectivity index (χ0) is 30.3. The predicted molar refractivity (Wildman–Crippen MR) is 161 cm³/mol. The van der Waals surface area contributed by atoms with Crippen LogP contribution in [-0.2, 0) is 20.7 Å². The van der Waals surface area contributed by atoms with Gasteiger partial charge in [-0.15, -0.1) is 0 Å². The van der Waals surface area contributed by atoms with Crippen LogP contribution in [0, 0.1) is 19.8 Å². The molecule has 0 bridgehead atoms. The fraction of sp³-hybridized carbons (Fsp3) is 0.545. The van der Waals surface area contributed by atoms with E-state index in [4.69, 9.17) is 4.74 Å². The summed E-state index contributed by atoms with van der Waals surface area (Å²) in [5.41, 5.74) is 2.79. The highest BCUT2D eigenvalue weighted by atomic mass is 16.6. The molecule has 1 saturated carbocycles. The number of hydrogen-bond acceptors (Lipinski definition) is 5. The van der Waals surface area contributed by atoms with Crippen molar-refractivity contribution in [2.45, 2.75) is 104 Å². The Morgan fingerprint density at radius 3 is 2.32 bits per heavy atom. The first kappa shape index (κ1) is 32.0. The van der Waals surface area contributed by atoms with Crippen LogP contribution in [0.4, 0.5) is 4.79 Å². The summed E-state index contributed by atoms with van der Waals surface area (Å²) in [6.07, 6.45) is 3.15. The molecule has 0 aliphatic heterocycles. The van der Waals surface area contributed by atoms with Crippen LogP contribution in [0.5, 0.6) is 5.75 Å². The van der Waals surface area contributed by atoms with E-state index >= 15 is 0 Å². The SMILES string of the molecule is CCCCCNC(=O)C(c1cccc(C)c1C)N(C(=O)C(Cc1ccc(O)cc1)NC(=O)OC(C)(C)C)C1CC1C. The molecule has 3 amide bonds. The van der Waals surface area contributed by atoms with Gasteiger partial charge in [0.2, 0.25) is 11.8 Å². The van der Waals surface area contributed by atoms with Gasteiger partial charge in [0, 0.05) is 19.0 Å². The monoisotopic (exact) mass is 565 g/mol. The molecule has 8 heteroatoms. The topological polar surface area (TPSA) is 108 Å². The minimum Gasteiger partial charge on any atom is -0.508 e. The highest BCUT2D eigenvalue weighted by Gasteiger charge is 2.48.